The highest BCUT2D eigenvalue weighted by Gasteiger charge is 2.29. The van der Waals surface area contributed by atoms with Gasteiger partial charge in [-0.25, -0.2) is 0 Å². The van der Waals surface area contributed by atoms with Crippen molar-refractivity contribution in [1.82, 2.24) is 10.6 Å². The lowest BCUT2D eigenvalue weighted by atomic mass is 10.1. The van der Waals surface area contributed by atoms with Crippen molar-refractivity contribution in [2.45, 2.75) is 45.1 Å². The van der Waals surface area contributed by atoms with Gasteiger partial charge in [0.05, 0.1) is 7.11 Å². The lowest BCUT2D eigenvalue weighted by Gasteiger charge is -2.16. The van der Waals surface area contributed by atoms with Crippen LogP contribution in [0, 0.1) is 5.92 Å². The standard InChI is InChI=1S/C13H24N2O3/c1-3-4-5-11(13(17)18-2)14-8-9-15-12(16)10-6-7-10/h10-11,14H,3-9H2,1-2H3,(H,15,16). The summed E-state index contributed by atoms with van der Waals surface area (Å²) in [4.78, 5) is 22.9. The number of methoxy groups -OCH3 is 1. The van der Waals surface area contributed by atoms with Gasteiger partial charge in [0.25, 0.3) is 0 Å². The summed E-state index contributed by atoms with van der Waals surface area (Å²) in [6.07, 6.45) is 4.84. The first-order valence-corrected chi connectivity index (χ1v) is 6.78. The number of rotatable bonds is 9. The van der Waals surface area contributed by atoms with Crippen LogP contribution in [0.15, 0.2) is 0 Å². The Labute approximate surface area is 109 Å². The maximum absolute atomic E-state index is 11.5. The number of unbranched alkanes of at least 4 members (excludes halogenated alkanes) is 1. The molecule has 18 heavy (non-hydrogen) atoms. The summed E-state index contributed by atoms with van der Waals surface area (Å²) in [5.74, 6) is 0.151. The number of carbonyl (C=O) groups is 2. The third-order valence-corrected chi connectivity index (χ3v) is 3.10. The van der Waals surface area contributed by atoms with Crippen LogP contribution >= 0.6 is 0 Å². The van der Waals surface area contributed by atoms with Gasteiger partial charge >= 0.3 is 5.97 Å². The van der Waals surface area contributed by atoms with Gasteiger partial charge in [-0.15, -0.1) is 0 Å². The highest BCUT2D eigenvalue weighted by atomic mass is 16.5. The maximum Gasteiger partial charge on any atom is 0.322 e. The molecule has 1 unspecified atom stereocenters. The summed E-state index contributed by atoms with van der Waals surface area (Å²) in [6, 6.07) is -0.257. The number of carbonyl (C=O) groups excluding carboxylic acids is 2. The Morgan fingerprint density at radius 3 is 2.61 bits per heavy atom. The van der Waals surface area contributed by atoms with E-state index >= 15 is 0 Å². The molecule has 1 saturated carbocycles. The number of hydrogen-bond donors (Lipinski definition) is 2. The van der Waals surface area contributed by atoms with Crippen LogP contribution in [0.1, 0.15) is 39.0 Å². The number of amides is 1. The van der Waals surface area contributed by atoms with Gasteiger partial charge < -0.3 is 15.4 Å². The number of ether oxygens (including phenoxy) is 1. The molecule has 0 bridgehead atoms. The molecule has 0 heterocycles. The van der Waals surface area contributed by atoms with Gasteiger partial charge in [0.1, 0.15) is 6.04 Å². The molecule has 1 amide bonds. The average molecular weight is 256 g/mol. The summed E-state index contributed by atoms with van der Waals surface area (Å²) in [5, 5.41) is 5.99. The molecule has 5 heteroatoms. The predicted octanol–water partition coefficient (Wildman–Crippen LogP) is 0.834. The molecule has 2 N–H and O–H groups in total. The van der Waals surface area contributed by atoms with Crippen LogP contribution in [0.5, 0.6) is 0 Å². The molecule has 0 saturated heterocycles. The molecule has 1 aliphatic carbocycles. The second-order valence-corrected chi connectivity index (χ2v) is 4.74. The fourth-order valence-corrected chi connectivity index (χ4v) is 1.78. The summed E-state index contributed by atoms with van der Waals surface area (Å²) in [6.45, 7) is 3.25. The van der Waals surface area contributed by atoms with E-state index in [0.717, 1.165) is 32.1 Å². The van der Waals surface area contributed by atoms with Crippen molar-refractivity contribution >= 4 is 11.9 Å². The first kappa shape index (κ1) is 15.0. The van der Waals surface area contributed by atoms with Crippen LogP contribution in [-0.2, 0) is 14.3 Å². The predicted molar refractivity (Wildman–Crippen MR) is 69.1 cm³/mol. The van der Waals surface area contributed by atoms with Crippen molar-refractivity contribution < 1.29 is 14.3 Å². The second-order valence-electron chi connectivity index (χ2n) is 4.74. The molecule has 0 aromatic carbocycles. The molecular formula is C13H24N2O3. The van der Waals surface area contributed by atoms with Crippen molar-refractivity contribution in [3.63, 3.8) is 0 Å². The van der Waals surface area contributed by atoms with E-state index in [1.54, 1.807) is 0 Å². The Morgan fingerprint density at radius 1 is 1.33 bits per heavy atom. The Kier molecular flexibility index (Phi) is 6.72. The van der Waals surface area contributed by atoms with Gasteiger partial charge in [-0.2, -0.15) is 0 Å². The van der Waals surface area contributed by atoms with E-state index in [4.69, 9.17) is 4.74 Å². The average Bonchev–Trinajstić information content (AvgIpc) is 3.21. The topological polar surface area (TPSA) is 67.4 Å². The number of hydrogen-bond acceptors (Lipinski definition) is 4. The normalized spacial score (nSPS) is 16.1. The summed E-state index contributed by atoms with van der Waals surface area (Å²) < 4.78 is 4.75. The molecule has 1 atom stereocenters. The van der Waals surface area contributed by atoms with Crippen molar-refractivity contribution in [1.29, 1.82) is 0 Å². The van der Waals surface area contributed by atoms with Crippen molar-refractivity contribution in [3.8, 4) is 0 Å². The van der Waals surface area contributed by atoms with Crippen molar-refractivity contribution in [2.24, 2.45) is 5.92 Å². The highest BCUT2D eigenvalue weighted by molar-refractivity contribution is 5.80. The highest BCUT2D eigenvalue weighted by Crippen LogP contribution is 2.28. The molecule has 1 aliphatic rings. The fraction of sp³-hybridized carbons (Fsp3) is 0.846. The van der Waals surface area contributed by atoms with Gasteiger partial charge in [-0.3, -0.25) is 9.59 Å². The smallest absolute Gasteiger partial charge is 0.322 e. The molecular weight excluding hydrogens is 232 g/mol. The maximum atomic E-state index is 11.5. The Balaban J connectivity index is 2.14. The van der Waals surface area contributed by atoms with E-state index in [0.29, 0.717) is 13.1 Å². The second kappa shape index (κ2) is 8.08. The minimum Gasteiger partial charge on any atom is -0.468 e. The van der Waals surface area contributed by atoms with E-state index in [9.17, 15) is 9.59 Å². The Hall–Kier alpha value is -1.10. The van der Waals surface area contributed by atoms with Crippen LogP contribution < -0.4 is 10.6 Å². The minimum atomic E-state index is -0.257. The van der Waals surface area contributed by atoms with E-state index in [1.807, 2.05) is 0 Å². The zero-order valence-corrected chi connectivity index (χ0v) is 11.3. The first-order valence-electron chi connectivity index (χ1n) is 6.78. The third kappa shape index (κ3) is 5.49. The lowest BCUT2D eigenvalue weighted by Crippen LogP contribution is -2.42. The van der Waals surface area contributed by atoms with Crippen molar-refractivity contribution in [3.05, 3.63) is 0 Å². The monoisotopic (exact) mass is 256 g/mol. The SMILES string of the molecule is CCCCC(NCCNC(=O)C1CC1)C(=O)OC. The zero-order valence-electron chi connectivity index (χ0n) is 11.3. The van der Waals surface area contributed by atoms with Crippen molar-refractivity contribution in [2.75, 3.05) is 20.2 Å². The third-order valence-electron chi connectivity index (χ3n) is 3.10. The molecule has 0 spiro atoms. The van der Waals surface area contributed by atoms with E-state index in [-0.39, 0.29) is 23.8 Å². The molecule has 0 radical (unpaired) electrons. The van der Waals surface area contributed by atoms with Crippen LogP contribution in [0.4, 0.5) is 0 Å². The molecule has 5 nitrogen and oxygen atoms in total. The van der Waals surface area contributed by atoms with Gasteiger partial charge in [-0.05, 0) is 19.3 Å². The Bertz CT molecular complexity index is 277. The zero-order chi connectivity index (χ0) is 13.4. The van der Waals surface area contributed by atoms with Gasteiger partial charge in [-0.1, -0.05) is 19.8 Å². The van der Waals surface area contributed by atoms with Crippen LogP contribution in [-0.4, -0.2) is 38.1 Å². The Morgan fingerprint density at radius 2 is 2.06 bits per heavy atom. The number of nitrogens with one attached hydrogen (secondary N) is 2. The molecule has 0 aromatic heterocycles. The van der Waals surface area contributed by atoms with Crippen LogP contribution in [0.25, 0.3) is 0 Å². The fourth-order valence-electron chi connectivity index (χ4n) is 1.78. The van der Waals surface area contributed by atoms with Crippen LogP contribution in [0.2, 0.25) is 0 Å². The molecule has 0 aromatic rings. The quantitative estimate of drug-likeness (QED) is 0.474. The summed E-state index contributed by atoms with van der Waals surface area (Å²) in [5.41, 5.74) is 0. The van der Waals surface area contributed by atoms with Gasteiger partial charge in [0.2, 0.25) is 5.91 Å². The van der Waals surface area contributed by atoms with E-state index < -0.39 is 0 Å². The molecule has 104 valence electrons. The van der Waals surface area contributed by atoms with Gasteiger partial charge in [0, 0.05) is 19.0 Å². The van der Waals surface area contributed by atoms with Gasteiger partial charge in [0.15, 0.2) is 0 Å². The number of esters is 1. The molecule has 0 aliphatic heterocycles. The first-order chi connectivity index (χ1) is 8.69. The molecule has 1 rings (SSSR count). The van der Waals surface area contributed by atoms with E-state index in [2.05, 4.69) is 17.6 Å². The van der Waals surface area contributed by atoms with Crippen LogP contribution in [0.3, 0.4) is 0 Å². The largest absolute Gasteiger partial charge is 0.468 e. The molecule has 1 fully saturated rings. The lowest BCUT2D eigenvalue weighted by molar-refractivity contribution is -0.143. The summed E-state index contributed by atoms with van der Waals surface area (Å²) in [7, 11) is 1.40. The minimum absolute atomic E-state index is 0.139. The van der Waals surface area contributed by atoms with E-state index in [1.165, 1.54) is 7.11 Å². The summed E-state index contributed by atoms with van der Waals surface area (Å²) >= 11 is 0.